The van der Waals surface area contributed by atoms with E-state index in [9.17, 15) is 9.59 Å². The van der Waals surface area contributed by atoms with Gasteiger partial charge in [0.1, 0.15) is 17.1 Å². The van der Waals surface area contributed by atoms with Crippen molar-refractivity contribution < 1.29 is 23.8 Å². The average Bonchev–Trinajstić information content (AvgIpc) is 2.65. The Morgan fingerprint density at radius 3 is 2.50 bits per heavy atom. The molecule has 0 saturated heterocycles. The van der Waals surface area contributed by atoms with Crippen LogP contribution >= 0.6 is 0 Å². The van der Waals surface area contributed by atoms with Gasteiger partial charge in [-0.2, -0.15) is 0 Å². The van der Waals surface area contributed by atoms with Crippen LogP contribution in [-0.4, -0.2) is 32.7 Å². The Bertz CT molecular complexity index is 786. The molecule has 2 rings (SSSR count). The van der Waals surface area contributed by atoms with Crippen molar-refractivity contribution in [2.24, 2.45) is 0 Å². The zero-order valence-electron chi connectivity index (χ0n) is 15.4. The summed E-state index contributed by atoms with van der Waals surface area (Å²) in [4.78, 5) is 24.0. The van der Waals surface area contributed by atoms with Gasteiger partial charge in [0.2, 0.25) is 0 Å². The van der Waals surface area contributed by atoms with E-state index in [0.717, 1.165) is 5.56 Å². The minimum atomic E-state index is -0.548. The Morgan fingerprint density at radius 2 is 1.85 bits per heavy atom. The van der Waals surface area contributed by atoms with E-state index in [4.69, 9.17) is 14.2 Å². The number of rotatable bonds is 7. The molecule has 0 fully saturated rings. The van der Waals surface area contributed by atoms with E-state index in [0.29, 0.717) is 17.4 Å². The molecule has 138 valence electrons. The molecule has 1 amide bonds. The predicted molar refractivity (Wildman–Crippen MR) is 99.0 cm³/mol. The highest BCUT2D eigenvalue weighted by Gasteiger charge is 2.15. The Labute approximate surface area is 153 Å². The van der Waals surface area contributed by atoms with Gasteiger partial charge in [0.25, 0.3) is 5.91 Å². The monoisotopic (exact) mass is 357 g/mol. The highest BCUT2D eigenvalue weighted by Crippen LogP contribution is 2.25. The molecule has 0 heterocycles. The standard InChI is InChI=1S/C20H23NO5/c1-13(2)14-6-5-7-15(10-14)21-19(22)12-26-18-11-16(24-3)8-9-17(18)20(23)25-4/h5-11,13H,12H2,1-4H3,(H,21,22). The molecule has 0 atom stereocenters. The van der Waals surface area contributed by atoms with Gasteiger partial charge in [-0.25, -0.2) is 4.79 Å². The molecule has 0 saturated carbocycles. The topological polar surface area (TPSA) is 73.9 Å². The molecular weight excluding hydrogens is 334 g/mol. The minimum Gasteiger partial charge on any atom is -0.497 e. The van der Waals surface area contributed by atoms with Crippen LogP contribution in [0.25, 0.3) is 0 Å². The summed E-state index contributed by atoms with van der Waals surface area (Å²) < 4.78 is 15.4. The van der Waals surface area contributed by atoms with Gasteiger partial charge >= 0.3 is 5.97 Å². The van der Waals surface area contributed by atoms with Crippen molar-refractivity contribution in [3.8, 4) is 11.5 Å². The van der Waals surface area contributed by atoms with Gasteiger partial charge in [-0.05, 0) is 35.7 Å². The van der Waals surface area contributed by atoms with Crippen molar-refractivity contribution in [2.45, 2.75) is 19.8 Å². The second kappa shape index (κ2) is 8.89. The van der Waals surface area contributed by atoms with Crippen molar-refractivity contribution in [3.63, 3.8) is 0 Å². The second-order valence-corrected chi connectivity index (χ2v) is 5.97. The Morgan fingerprint density at radius 1 is 1.08 bits per heavy atom. The van der Waals surface area contributed by atoms with E-state index >= 15 is 0 Å². The second-order valence-electron chi connectivity index (χ2n) is 5.97. The summed E-state index contributed by atoms with van der Waals surface area (Å²) >= 11 is 0. The quantitative estimate of drug-likeness (QED) is 0.766. The van der Waals surface area contributed by atoms with Crippen LogP contribution in [-0.2, 0) is 9.53 Å². The van der Waals surface area contributed by atoms with E-state index in [1.807, 2.05) is 24.3 Å². The zero-order valence-corrected chi connectivity index (χ0v) is 15.4. The summed E-state index contributed by atoms with van der Waals surface area (Å²) in [7, 11) is 2.79. The van der Waals surface area contributed by atoms with Crippen LogP contribution in [0.1, 0.15) is 35.7 Å². The lowest BCUT2D eigenvalue weighted by molar-refractivity contribution is -0.118. The first kappa shape index (κ1) is 19.3. The van der Waals surface area contributed by atoms with Crippen molar-refractivity contribution in [3.05, 3.63) is 53.6 Å². The van der Waals surface area contributed by atoms with Gasteiger partial charge in [-0.1, -0.05) is 26.0 Å². The fraction of sp³-hybridized carbons (Fsp3) is 0.300. The molecule has 26 heavy (non-hydrogen) atoms. The van der Waals surface area contributed by atoms with Crippen LogP contribution < -0.4 is 14.8 Å². The Kier molecular flexibility index (Phi) is 6.60. The third-order valence-electron chi connectivity index (χ3n) is 3.79. The molecule has 0 aliphatic carbocycles. The number of nitrogens with one attached hydrogen (secondary N) is 1. The average molecular weight is 357 g/mol. The number of ether oxygens (including phenoxy) is 3. The zero-order chi connectivity index (χ0) is 19.1. The van der Waals surface area contributed by atoms with Gasteiger partial charge in [-0.3, -0.25) is 4.79 Å². The summed E-state index contributed by atoms with van der Waals surface area (Å²) in [5.41, 5.74) is 2.05. The maximum absolute atomic E-state index is 12.2. The molecule has 2 aromatic rings. The first-order valence-electron chi connectivity index (χ1n) is 8.23. The smallest absolute Gasteiger partial charge is 0.341 e. The molecular formula is C20H23NO5. The molecule has 6 heteroatoms. The number of methoxy groups -OCH3 is 2. The number of esters is 1. The lowest BCUT2D eigenvalue weighted by Crippen LogP contribution is -2.21. The molecule has 0 radical (unpaired) electrons. The van der Waals surface area contributed by atoms with E-state index in [-0.39, 0.29) is 23.8 Å². The summed E-state index contributed by atoms with van der Waals surface area (Å²) in [6.45, 7) is 3.92. The fourth-order valence-corrected chi connectivity index (χ4v) is 2.34. The van der Waals surface area contributed by atoms with Gasteiger partial charge in [0.05, 0.1) is 14.2 Å². The van der Waals surface area contributed by atoms with Crippen molar-refractivity contribution in [1.82, 2.24) is 0 Å². The first-order valence-corrected chi connectivity index (χ1v) is 8.23. The summed E-state index contributed by atoms with van der Waals surface area (Å²) in [5.74, 6) is 0.222. The van der Waals surface area contributed by atoms with Crippen LogP contribution in [0.4, 0.5) is 5.69 Å². The van der Waals surface area contributed by atoms with Crippen LogP contribution in [0.3, 0.4) is 0 Å². The third-order valence-corrected chi connectivity index (χ3v) is 3.79. The van der Waals surface area contributed by atoms with Gasteiger partial charge < -0.3 is 19.5 Å². The maximum Gasteiger partial charge on any atom is 0.341 e. The normalized spacial score (nSPS) is 10.3. The maximum atomic E-state index is 12.2. The molecule has 1 N–H and O–H groups in total. The van der Waals surface area contributed by atoms with Crippen LogP contribution in [0, 0.1) is 0 Å². The first-order chi connectivity index (χ1) is 12.4. The summed E-state index contributed by atoms with van der Waals surface area (Å²) in [6, 6.07) is 12.3. The third kappa shape index (κ3) is 4.99. The van der Waals surface area contributed by atoms with Gasteiger partial charge in [0, 0.05) is 11.8 Å². The molecule has 2 aromatic carbocycles. The number of carbonyl (C=O) groups excluding carboxylic acids is 2. The minimum absolute atomic E-state index is 0.224. The molecule has 0 spiro atoms. The van der Waals surface area contributed by atoms with Crippen LogP contribution in [0.15, 0.2) is 42.5 Å². The molecule has 0 aliphatic rings. The van der Waals surface area contributed by atoms with Crippen LogP contribution in [0.5, 0.6) is 11.5 Å². The highest BCUT2D eigenvalue weighted by molar-refractivity contribution is 5.94. The number of hydrogen-bond donors (Lipinski definition) is 1. The number of benzene rings is 2. The predicted octanol–water partition coefficient (Wildman–Crippen LogP) is 3.62. The number of amides is 1. The molecule has 0 unspecified atom stereocenters. The largest absolute Gasteiger partial charge is 0.497 e. The summed E-state index contributed by atoms with van der Waals surface area (Å²) in [5, 5.41) is 2.79. The van der Waals surface area contributed by atoms with E-state index in [2.05, 4.69) is 19.2 Å². The van der Waals surface area contributed by atoms with Gasteiger partial charge in [-0.15, -0.1) is 0 Å². The molecule has 0 aromatic heterocycles. The molecule has 6 nitrogen and oxygen atoms in total. The van der Waals surface area contributed by atoms with E-state index in [1.54, 1.807) is 12.1 Å². The van der Waals surface area contributed by atoms with Crippen molar-refractivity contribution in [1.29, 1.82) is 0 Å². The number of carbonyl (C=O) groups is 2. The van der Waals surface area contributed by atoms with E-state index in [1.165, 1.54) is 20.3 Å². The highest BCUT2D eigenvalue weighted by atomic mass is 16.5. The van der Waals surface area contributed by atoms with E-state index < -0.39 is 5.97 Å². The van der Waals surface area contributed by atoms with Crippen molar-refractivity contribution in [2.75, 3.05) is 26.1 Å². The molecule has 0 bridgehead atoms. The Balaban J connectivity index is 2.07. The van der Waals surface area contributed by atoms with Gasteiger partial charge in [0.15, 0.2) is 6.61 Å². The van der Waals surface area contributed by atoms with Crippen LogP contribution in [0.2, 0.25) is 0 Å². The lowest BCUT2D eigenvalue weighted by Gasteiger charge is -2.13. The fourth-order valence-electron chi connectivity index (χ4n) is 2.34. The number of hydrogen-bond acceptors (Lipinski definition) is 5. The van der Waals surface area contributed by atoms with Crippen molar-refractivity contribution >= 4 is 17.6 Å². The molecule has 0 aliphatic heterocycles. The Hall–Kier alpha value is -3.02. The SMILES string of the molecule is COC(=O)c1ccc(OC)cc1OCC(=O)Nc1cccc(C(C)C)c1. The lowest BCUT2D eigenvalue weighted by atomic mass is 10.0. The summed E-state index contributed by atoms with van der Waals surface area (Å²) in [6.07, 6.45) is 0. The number of anilines is 1.